The summed E-state index contributed by atoms with van der Waals surface area (Å²) >= 11 is 0. The quantitative estimate of drug-likeness (QED) is 0.0373. The van der Waals surface area contributed by atoms with Crippen LogP contribution in [-0.4, -0.2) is 48.5 Å². The number of fused-ring (bicyclic) bond motifs is 6. The van der Waals surface area contributed by atoms with Crippen LogP contribution < -0.4 is 22.2 Å². The molecule has 0 amide bonds. The van der Waals surface area contributed by atoms with E-state index in [0.29, 0.717) is 12.1 Å². The third-order valence-electron chi connectivity index (χ3n) is 10.1. The lowest BCUT2D eigenvalue weighted by molar-refractivity contribution is -0.383. The maximum absolute atomic E-state index is 14.9. The predicted molar refractivity (Wildman–Crippen MR) is 206 cm³/mol. The third-order valence-corrected chi connectivity index (χ3v) is 13.6. The number of nitrogens with one attached hydrogen (secondary N) is 2. The zero-order valence-corrected chi connectivity index (χ0v) is 30.9. The summed E-state index contributed by atoms with van der Waals surface area (Å²) in [5, 5.41) is 16.7. The van der Waals surface area contributed by atoms with Gasteiger partial charge >= 0.3 is 37.4 Å². The average molecular weight is 819 g/mol. The smallest absolute Gasteiger partial charge is 0.323 e. The minimum Gasteiger partial charge on any atom is -0.323 e. The van der Waals surface area contributed by atoms with Gasteiger partial charge in [-0.3, -0.25) is 57.7 Å². The SMILES string of the molecule is CCCC(n1c(=O)c(=O)[nH]c2c3ccccc3c([N+](=O)[O-])cc21)(C(c1ccccc1)(n1c(=O)c(=O)[nH]c2c3ccccc3c([N+](=O)[O-])cc21)P(=O)(O)O)P(=O)(O)O. The van der Waals surface area contributed by atoms with Crippen molar-refractivity contribution in [2.24, 2.45) is 0 Å². The molecule has 0 spiro atoms. The van der Waals surface area contributed by atoms with Crippen LogP contribution in [0.5, 0.6) is 0 Å². The molecule has 0 fully saturated rings. The molecule has 2 unspecified atom stereocenters. The van der Waals surface area contributed by atoms with Crippen molar-refractivity contribution in [3.8, 4) is 0 Å². The van der Waals surface area contributed by atoms with Crippen LogP contribution in [0, 0.1) is 20.2 Å². The average Bonchev–Trinajstić information content (AvgIpc) is 3.15. The number of hydrogen-bond donors (Lipinski definition) is 6. The van der Waals surface area contributed by atoms with E-state index >= 15 is 0 Å². The van der Waals surface area contributed by atoms with Gasteiger partial charge in [-0.1, -0.05) is 80.1 Å². The molecular formula is C35H28N6O14P2. The fraction of sp³-hybridized carbons (Fsp3) is 0.143. The Labute approximate surface area is 315 Å². The van der Waals surface area contributed by atoms with Gasteiger partial charge in [0.1, 0.15) is 0 Å². The minimum absolute atomic E-state index is 0.0421. The molecule has 0 aliphatic heterocycles. The van der Waals surface area contributed by atoms with E-state index in [4.69, 9.17) is 0 Å². The normalized spacial score (nSPS) is 14.5. The van der Waals surface area contributed by atoms with Gasteiger partial charge in [0.25, 0.3) is 11.4 Å². The summed E-state index contributed by atoms with van der Waals surface area (Å²) in [6.07, 6.45) is -1.68. The molecule has 7 aromatic rings. The van der Waals surface area contributed by atoms with Crippen molar-refractivity contribution >= 4 is 70.2 Å². The van der Waals surface area contributed by atoms with Crippen molar-refractivity contribution in [1.82, 2.24) is 19.1 Å². The summed E-state index contributed by atoms with van der Waals surface area (Å²) in [5.41, 5.74) is -11.9. The Balaban J connectivity index is 1.93. The maximum atomic E-state index is 14.9. The molecule has 2 heterocycles. The molecule has 5 aromatic carbocycles. The number of nitrogens with zero attached hydrogens (tertiary/aromatic N) is 4. The number of aromatic amines is 2. The summed E-state index contributed by atoms with van der Waals surface area (Å²) in [7, 11) is -13.3. The van der Waals surface area contributed by atoms with E-state index in [-0.39, 0.29) is 30.7 Å². The minimum atomic E-state index is -6.66. The van der Waals surface area contributed by atoms with E-state index in [9.17, 15) is 68.1 Å². The van der Waals surface area contributed by atoms with Crippen LogP contribution in [0.3, 0.4) is 0 Å². The summed E-state index contributed by atoms with van der Waals surface area (Å²) in [4.78, 5) is 132. The highest BCUT2D eigenvalue weighted by Gasteiger charge is 2.74. The zero-order valence-electron chi connectivity index (χ0n) is 29.1. The maximum Gasteiger partial charge on any atom is 0.359 e. The second-order valence-electron chi connectivity index (χ2n) is 13.1. The number of nitro groups is 2. The molecule has 0 aliphatic carbocycles. The van der Waals surface area contributed by atoms with Gasteiger partial charge < -0.3 is 29.5 Å². The highest BCUT2D eigenvalue weighted by molar-refractivity contribution is 7.57. The highest BCUT2D eigenvalue weighted by Crippen LogP contribution is 2.76. The molecule has 0 radical (unpaired) electrons. The Bertz CT molecular complexity index is 3220. The van der Waals surface area contributed by atoms with Crippen molar-refractivity contribution in [1.29, 1.82) is 0 Å². The number of aromatic nitrogens is 4. The van der Waals surface area contributed by atoms with E-state index in [2.05, 4.69) is 9.97 Å². The Morgan fingerprint density at radius 2 is 1.04 bits per heavy atom. The Morgan fingerprint density at radius 3 is 1.44 bits per heavy atom. The Hall–Kier alpha value is -6.40. The van der Waals surface area contributed by atoms with Gasteiger partial charge in [-0.15, -0.1) is 0 Å². The van der Waals surface area contributed by atoms with Gasteiger partial charge in [0.15, 0.2) is 5.28 Å². The van der Waals surface area contributed by atoms with Crippen molar-refractivity contribution in [3.63, 3.8) is 0 Å². The van der Waals surface area contributed by atoms with Crippen LogP contribution in [-0.2, 0) is 19.7 Å². The molecule has 57 heavy (non-hydrogen) atoms. The molecule has 0 saturated heterocycles. The number of hydrogen-bond acceptors (Lipinski definition) is 10. The third kappa shape index (κ3) is 5.37. The Morgan fingerprint density at radius 1 is 0.632 bits per heavy atom. The molecule has 0 aliphatic rings. The lowest BCUT2D eigenvalue weighted by Crippen LogP contribution is -2.64. The van der Waals surface area contributed by atoms with Crippen molar-refractivity contribution in [2.45, 2.75) is 30.3 Å². The van der Waals surface area contributed by atoms with Gasteiger partial charge in [0, 0.05) is 22.9 Å². The molecule has 20 nitrogen and oxygen atoms in total. The lowest BCUT2D eigenvalue weighted by atomic mass is 9.91. The molecule has 0 bridgehead atoms. The standard InChI is InChI=1S/C35H28N6O14P2/c1-2-16-34(56(50,51)52,38-26-17-24(40(46)47)20-12-6-8-14-22(20)28(26)36-30(42)32(38)44)35(57(53,54)55,19-10-4-3-5-11-19)39-27-18-25(41(48)49)21-13-7-9-15-23(21)29(27)37-31(43)33(39)45/h3-15,17-18H,2,16H2,1H3,(H,36,42)(H,37,43)(H2,50,51,52)(H2,53,54,55). The molecule has 7 rings (SSSR count). The molecule has 22 heteroatoms. The first-order valence-electron chi connectivity index (χ1n) is 16.7. The van der Waals surface area contributed by atoms with E-state index < -0.39 is 110 Å². The Kier molecular flexibility index (Phi) is 9.12. The lowest BCUT2D eigenvalue weighted by Gasteiger charge is -2.52. The monoisotopic (exact) mass is 818 g/mol. The number of nitro benzene ring substituents is 2. The van der Waals surface area contributed by atoms with Gasteiger partial charge in [-0.2, -0.15) is 0 Å². The first kappa shape index (κ1) is 38.9. The van der Waals surface area contributed by atoms with Gasteiger partial charge in [-0.25, -0.2) is 0 Å². The fourth-order valence-corrected chi connectivity index (χ4v) is 12.1. The van der Waals surface area contributed by atoms with Crippen molar-refractivity contribution < 1.29 is 38.6 Å². The van der Waals surface area contributed by atoms with Crippen LogP contribution in [0.1, 0.15) is 25.3 Å². The van der Waals surface area contributed by atoms with E-state index in [1.54, 1.807) is 0 Å². The number of rotatable bonds is 10. The molecule has 0 saturated carbocycles. The molecule has 2 atom stereocenters. The molecule has 292 valence electrons. The van der Waals surface area contributed by atoms with Crippen molar-refractivity contribution in [2.75, 3.05) is 0 Å². The fourth-order valence-electron chi connectivity index (χ4n) is 8.06. The van der Waals surface area contributed by atoms with Gasteiger partial charge in [0.2, 0.25) is 5.28 Å². The topological polar surface area (TPSA) is 311 Å². The van der Waals surface area contributed by atoms with Crippen LogP contribution >= 0.6 is 15.2 Å². The first-order chi connectivity index (χ1) is 26.8. The van der Waals surface area contributed by atoms with Crippen LogP contribution in [0.15, 0.2) is 110 Å². The molecule has 6 N–H and O–H groups in total. The van der Waals surface area contributed by atoms with Crippen LogP contribution in [0.25, 0.3) is 43.6 Å². The van der Waals surface area contributed by atoms with Crippen molar-refractivity contribution in [3.05, 3.63) is 158 Å². The molecule has 2 aromatic heterocycles. The van der Waals surface area contributed by atoms with E-state index in [1.807, 2.05) is 0 Å². The number of non-ortho nitro benzene ring substituents is 2. The summed E-state index contributed by atoms with van der Waals surface area (Å²) in [6.45, 7) is 1.29. The van der Waals surface area contributed by atoms with Crippen LogP contribution in [0.4, 0.5) is 11.4 Å². The largest absolute Gasteiger partial charge is 0.359 e. The predicted octanol–water partition coefficient (Wildman–Crippen LogP) is 4.03. The van der Waals surface area contributed by atoms with Gasteiger partial charge in [0.05, 0.1) is 42.7 Å². The van der Waals surface area contributed by atoms with Crippen LogP contribution in [0.2, 0.25) is 0 Å². The van der Waals surface area contributed by atoms with Gasteiger partial charge in [-0.05, 0) is 24.1 Å². The second kappa shape index (κ2) is 13.4. The first-order valence-corrected chi connectivity index (χ1v) is 20.0. The molecular weight excluding hydrogens is 790 g/mol. The summed E-state index contributed by atoms with van der Waals surface area (Å²) in [6, 6.07) is 17.6. The number of H-pyrrole nitrogens is 2. The zero-order chi connectivity index (χ0) is 41.4. The summed E-state index contributed by atoms with van der Waals surface area (Å²) in [5.74, 6) is 0. The summed E-state index contributed by atoms with van der Waals surface area (Å²) < 4.78 is 29.9. The highest BCUT2D eigenvalue weighted by atomic mass is 31.2. The number of benzene rings is 5. The second-order valence-corrected chi connectivity index (χ2v) is 16.6. The van der Waals surface area contributed by atoms with E-state index in [1.165, 1.54) is 61.5 Å². The van der Waals surface area contributed by atoms with E-state index in [0.717, 1.165) is 24.3 Å².